The fourth-order valence-electron chi connectivity index (χ4n) is 4.59. The van der Waals surface area contributed by atoms with Gasteiger partial charge in [0.05, 0.1) is 19.4 Å². The number of morpholine rings is 1. The number of nitrogens with one attached hydrogen (secondary N) is 2. The van der Waals surface area contributed by atoms with Crippen LogP contribution in [0, 0.1) is 0 Å². The van der Waals surface area contributed by atoms with Gasteiger partial charge in [-0.25, -0.2) is 0 Å². The molecule has 1 aliphatic heterocycles. The van der Waals surface area contributed by atoms with Gasteiger partial charge in [-0.3, -0.25) is 5.43 Å². The van der Waals surface area contributed by atoms with E-state index in [0.29, 0.717) is 5.11 Å². The van der Waals surface area contributed by atoms with Gasteiger partial charge < -0.3 is 19.9 Å². The van der Waals surface area contributed by atoms with Gasteiger partial charge in [0.15, 0.2) is 5.11 Å². The molecule has 2 N–H and O–H groups in total. The van der Waals surface area contributed by atoms with E-state index in [1.165, 1.54) is 28.1 Å². The van der Waals surface area contributed by atoms with Crippen LogP contribution in [0.2, 0.25) is 0 Å². The van der Waals surface area contributed by atoms with Gasteiger partial charge in [-0.2, -0.15) is 5.10 Å². The quantitative estimate of drug-likeness (QED) is 0.299. The van der Waals surface area contributed by atoms with Crippen LogP contribution >= 0.6 is 12.2 Å². The second kappa shape index (κ2) is 12.5. The third-order valence-electron chi connectivity index (χ3n) is 6.38. The monoisotopic (exact) mass is 489 g/mol. The van der Waals surface area contributed by atoms with Crippen LogP contribution in [-0.4, -0.2) is 55.6 Å². The summed E-state index contributed by atoms with van der Waals surface area (Å²) in [6.45, 7) is 9.72. The summed E-state index contributed by atoms with van der Waals surface area (Å²) < 4.78 is 5.61. The lowest BCUT2D eigenvalue weighted by molar-refractivity contribution is 0.0548. The maximum atomic E-state index is 5.61. The summed E-state index contributed by atoms with van der Waals surface area (Å²) >= 11 is 5.39. The average Bonchev–Trinajstić information content (AvgIpc) is 3.29. The topological polar surface area (TPSA) is 52.1 Å². The molecule has 7 heteroatoms. The van der Waals surface area contributed by atoms with Crippen LogP contribution in [0.25, 0.3) is 6.08 Å². The molecular formula is C28H35N5OS. The van der Waals surface area contributed by atoms with Crippen molar-refractivity contribution in [2.24, 2.45) is 5.10 Å². The van der Waals surface area contributed by atoms with Crippen molar-refractivity contribution in [3.05, 3.63) is 77.0 Å². The Kier molecular flexibility index (Phi) is 8.92. The van der Waals surface area contributed by atoms with Gasteiger partial charge >= 0.3 is 0 Å². The highest BCUT2D eigenvalue weighted by Gasteiger charge is 2.25. The maximum absolute atomic E-state index is 5.61. The van der Waals surface area contributed by atoms with Gasteiger partial charge in [0.2, 0.25) is 0 Å². The molecule has 6 nitrogen and oxygen atoms in total. The number of nitrogens with zero attached hydrogens (tertiary/aromatic N) is 3. The van der Waals surface area contributed by atoms with Gasteiger partial charge in [0, 0.05) is 43.3 Å². The summed E-state index contributed by atoms with van der Waals surface area (Å²) in [7, 11) is 0. The van der Waals surface area contributed by atoms with Crippen LogP contribution in [0.5, 0.6) is 0 Å². The Hall–Kier alpha value is -3.16. The zero-order valence-electron chi connectivity index (χ0n) is 20.7. The molecule has 1 aliphatic carbocycles. The van der Waals surface area contributed by atoms with Crippen LogP contribution in [0.1, 0.15) is 32.3 Å². The highest BCUT2D eigenvalue weighted by molar-refractivity contribution is 7.80. The minimum absolute atomic E-state index is 0.475. The Morgan fingerprint density at radius 1 is 1.03 bits per heavy atom. The van der Waals surface area contributed by atoms with Crippen LogP contribution in [0.15, 0.2) is 76.5 Å². The molecular weight excluding hydrogens is 454 g/mol. The van der Waals surface area contributed by atoms with E-state index in [0.717, 1.165) is 57.9 Å². The van der Waals surface area contributed by atoms with Gasteiger partial charge in [-0.15, -0.1) is 0 Å². The van der Waals surface area contributed by atoms with Gasteiger partial charge in [0.25, 0.3) is 0 Å². The van der Waals surface area contributed by atoms with Crippen molar-refractivity contribution in [3.63, 3.8) is 0 Å². The standard InChI is InChI=1S/C28H35N5OS/c1-3-32(4-2)26-14-10-22(11-15-26)20-23-12-13-24(27(23)33-16-18-34-19-17-33)21-29-31-28(35)30-25-8-6-5-7-9-25/h5-11,14-15,20-21H,3-4,12-13,16-19H2,1-2H3,(H2,30,31,35)/b23-20+,29-21+. The van der Waals surface area contributed by atoms with Crippen molar-refractivity contribution in [2.45, 2.75) is 26.7 Å². The summed E-state index contributed by atoms with van der Waals surface area (Å²) in [5, 5.41) is 8.09. The summed E-state index contributed by atoms with van der Waals surface area (Å²) in [6.07, 6.45) is 6.21. The molecule has 0 unspecified atom stereocenters. The second-order valence-corrected chi connectivity index (χ2v) is 9.01. The van der Waals surface area contributed by atoms with Crippen LogP contribution in [0.3, 0.4) is 0 Å². The minimum atomic E-state index is 0.475. The van der Waals surface area contributed by atoms with E-state index >= 15 is 0 Å². The lowest BCUT2D eigenvalue weighted by Gasteiger charge is -2.31. The molecule has 0 saturated carbocycles. The lowest BCUT2D eigenvalue weighted by Crippen LogP contribution is -2.36. The van der Waals surface area contributed by atoms with Crippen LogP contribution < -0.4 is 15.6 Å². The molecule has 1 fully saturated rings. The number of hydrogen-bond donors (Lipinski definition) is 2. The predicted octanol–water partition coefficient (Wildman–Crippen LogP) is 5.27. The van der Waals surface area contributed by atoms with Gasteiger partial charge in [-0.05, 0) is 86.0 Å². The average molecular weight is 490 g/mol. The highest BCUT2D eigenvalue weighted by Crippen LogP contribution is 2.35. The number of thiocarbonyl (C=S) groups is 1. The number of hydrazone groups is 1. The molecule has 0 aromatic heterocycles. The first-order valence-electron chi connectivity index (χ1n) is 12.4. The molecule has 184 valence electrons. The Morgan fingerprint density at radius 3 is 2.43 bits per heavy atom. The summed E-state index contributed by atoms with van der Waals surface area (Å²) in [5.41, 5.74) is 10.3. The molecule has 0 radical (unpaired) electrons. The van der Waals surface area contributed by atoms with Gasteiger partial charge in [-0.1, -0.05) is 30.3 Å². The number of anilines is 2. The van der Waals surface area contributed by atoms with E-state index in [9.17, 15) is 0 Å². The molecule has 0 bridgehead atoms. The molecule has 0 amide bonds. The van der Waals surface area contributed by atoms with Crippen molar-refractivity contribution in [1.29, 1.82) is 0 Å². The molecule has 2 aromatic rings. The fourth-order valence-corrected chi connectivity index (χ4v) is 4.76. The van der Waals surface area contributed by atoms with E-state index < -0.39 is 0 Å². The number of allylic oxidation sites excluding steroid dienone is 2. The Labute approximate surface area is 214 Å². The first kappa shape index (κ1) is 24.9. The fraction of sp³-hybridized carbons (Fsp3) is 0.357. The molecule has 4 rings (SSSR count). The molecule has 1 heterocycles. The normalized spacial score (nSPS) is 17.3. The molecule has 2 aliphatic rings. The van der Waals surface area contributed by atoms with Crippen molar-refractivity contribution < 1.29 is 4.74 Å². The predicted molar refractivity (Wildman–Crippen MR) is 151 cm³/mol. The number of rotatable bonds is 8. The van der Waals surface area contributed by atoms with E-state index in [2.05, 4.69) is 69.8 Å². The van der Waals surface area contributed by atoms with E-state index in [-0.39, 0.29) is 0 Å². The first-order valence-corrected chi connectivity index (χ1v) is 12.9. The van der Waals surface area contributed by atoms with Crippen molar-refractivity contribution >= 4 is 41.0 Å². The highest BCUT2D eigenvalue weighted by atomic mass is 32.1. The Morgan fingerprint density at radius 2 is 1.74 bits per heavy atom. The van der Waals surface area contributed by atoms with Crippen molar-refractivity contribution in [2.75, 3.05) is 49.6 Å². The molecule has 0 spiro atoms. The maximum Gasteiger partial charge on any atom is 0.191 e. The zero-order chi connectivity index (χ0) is 24.5. The Bertz CT molecular complexity index is 1070. The molecule has 35 heavy (non-hydrogen) atoms. The smallest absolute Gasteiger partial charge is 0.191 e. The number of benzene rings is 2. The largest absolute Gasteiger partial charge is 0.378 e. The van der Waals surface area contributed by atoms with Crippen molar-refractivity contribution in [3.8, 4) is 0 Å². The third-order valence-corrected chi connectivity index (χ3v) is 6.57. The van der Waals surface area contributed by atoms with Crippen LogP contribution in [0.4, 0.5) is 11.4 Å². The van der Waals surface area contributed by atoms with E-state index in [1.807, 2.05) is 36.5 Å². The Balaban J connectivity index is 1.51. The molecule has 2 aromatic carbocycles. The lowest BCUT2D eigenvalue weighted by atomic mass is 10.1. The van der Waals surface area contributed by atoms with Crippen molar-refractivity contribution in [1.82, 2.24) is 10.3 Å². The SMILES string of the molecule is CCN(CC)c1ccc(/C=C2\CCC(/C=N/NC(=S)Nc3ccccc3)=C2N2CCOCC2)cc1. The zero-order valence-corrected chi connectivity index (χ0v) is 21.5. The second-order valence-electron chi connectivity index (χ2n) is 8.60. The molecule has 1 saturated heterocycles. The first-order chi connectivity index (χ1) is 17.2. The summed E-state index contributed by atoms with van der Waals surface area (Å²) in [5.74, 6) is 0. The molecule has 0 atom stereocenters. The summed E-state index contributed by atoms with van der Waals surface area (Å²) in [4.78, 5) is 4.80. The summed E-state index contributed by atoms with van der Waals surface area (Å²) in [6, 6.07) is 18.7. The number of para-hydroxylation sites is 1. The number of hydrogen-bond acceptors (Lipinski definition) is 5. The van der Waals surface area contributed by atoms with E-state index in [1.54, 1.807) is 0 Å². The third kappa shape index (κ3) is 6.71. The number of ether oxygens (including phenoxy) is 1. The van der Waals surface area contributed by atoms with Gasteiger partial charge in [0.1, 0.15) is 0 Å². The minimum Gasteiger partial charge on any atom is -0.378 e. The van der Waals surface area contributed by atoms with E-state index in [4.69, 9.17) is 17.0 Å². The van der Waals surface area contributed by atoms with Crippen LogP contribution in [-0.2, 0) is 4.74 Å².